The molecule has 2 aliphatic heterocycles. The summed E-state index contributed by atoms with van der Waals surface area (Å²) in [6.07, 6.45) is 2.22. The monoisotopic (exact) mass is 241 g/mol. The predicted molar refractivity (Wildman–Crippen MR) is 70.2 cm³/mol. The normalized spacial score (nSPS) is 27.2. The highest BCUT2D eigenvalue weighted by molar-refractivity contribution is 4.80. The number of aliphatic hydroxyl groups excluding tert-OH is 1. The fourth-order valence-corrected chi connectivity index (χ4v) is 2.96. The molecule has 1 atom stereocenters. The van der Waals surface area contributed by atoms with Crippen molar-refractivity contribution >= 4 is 0 Å². The van der Waals surface area contributed by atoms with Gasteiger partial charge in [0.25, 0.3) is 0 Å². The Hall–Kier alpha value is -0.160. The van der Waals surface area contributed by atoms with E-state index in [-0.39, 0.29) is 6.10 Å². The topological polar surface area (TPSA) is 38.7 Å². The van der Waals surface area contributed by atoms with Crippen molar-refractivity contribution in [1.82, 2.24) is 15.1 Å². The van der Waals surface area contributed by atoms with Crippen LogP contribution in [0.15, 0.2) is 0 Å². The summed E-state index contributed by atoms with van der Waals surface area (Å²) in [5.41, 5.74) is 0. The van der Waals surface area contributed by atoms with E-state index < -0.39 is 0 Å². The van der Waals surface area contributed by atoms with Crippen LogP contribution in [0.3, 0.4) is 0 Å². The first-order valence-electron chi connectivity index (χ1n) is 7.13. The second kappa shape index (κ2) is 6.69. The molecule has 2 fully saturated rings. The standard InChI is InChI=1S/C13H27N3O/c1-2-15-7-3-12(4-8-15)13(17)11-16-9-5-14-6-10-16/h12-14,17H,2-11H2,1H3. The zero-order chi connectivity index (χ0) is 12.1. The van der Waals surface area contributed by atoms with Gasteiger partial charge in [0, 0.05) is 32.7 Å². The van der Waals surface area contributed by atoms with E-state index >= 15 is 0 Å². The highest BCUT2D eigenvalue weighted by Gasteiger charge is 2.26. The van der Waals surface area contributed by atoms with Crippen LogP contribution >= 0.6 is 0 Å². The number of likely N-dealkylation sites (tertiary alicyclic amines) is 1. The van der Waals surface area contributed by atoms with E-state index in [9.17, 15) is 5.11 Å². The fraction of sp³-hybridized carbons (Fsp3) is 1.00. The van der Waals surface area contributed by atoms with Gasteiger partial charge in [0.1, 0.15) is 0 Å². The third kappa shape index (κ3) is 3.91. The summed E-state index contributed by atoms with van der Waals surface area (Å²) in [7, 11) is 0. The quantitative estimate of drug-likeness (QED) is 0.726. The molecule has 0 saturated carbocycles. The van der Waals surface area contributed by atoms with Gasteiger partial charge in [-0.05, 0) is 38.4 Å². The Bertz CT molecular complexity index is 211. The van der Waals surface area contributed by atoms with Crippen molar-refractivity contribution in [2.24, 2.45) is 5.92 Å². The largest absolute Gasteiger partial charge is 0.392 e. The molecular weight excluding hydrogens is 214 g/mol. The first-order chi connectivity index (χ1) is 8.29. The van der Waals surface area contributed by atoms with Gasteiger partial charge in [-0.15, -0.1) is 0 Å². The fourth-order valence-electron chi connectivity index (χ4n) is 2.96. The van der Waals surface area contributed by atoms with Gasteiger partial charge in [0.05, 0.1) is 6.10 Å². The molecule has 0 amide bonds. The molecule has 0 aromatic carbocycles. The average Bonchev–Trinajstić information content (AvgIpc) is 2.40. The van der Waals surface area contributed by atoms with Crippen molar-refractivity contribution in [2.75, 3.05) is 52.4 Å². The Morgan fingerprint density at radius 3 is 2.35 bits per heavy atom. The van der Waals surface area contributed by atoms with Gasteiger partial charge in [-0.3, -0.25) is 4.90 Å². The van der Waals surface area contributed by atoms with Crippen molar-refractivity contribution in [3.8, 4) is 0 Å². The molecule has 1 unspecified atom stereocenters. The van der Waals surface area contributed by atoms with Crippen molar-refractivity contribution in [3.63, 3.8) is 0 Å². The molecule has 0 aromatic rings. The summed E-state index contributed by atoms with van der Waals surface area (Å²) in [5, 5.41) is 13.7. The highest BCUT2D eigenvalue weighted by atomic mass is 16.3. The van der Waals surface area contributed by atoms with Gasteiger partial charge in [0.2, 0.25) is 0 Å². The van der Waals surface area contributed by atoms with Crippen molar-refractivity contribution in [2.45, 2.75) is 25.9 Å². The zero-order valence-corrected chi connectivity index (χ0v) is 11.1. The van der Waals surface area contributed by atoms with Crippen LogP contribution in [0.5, 0.6) is 0 Å². The first-order valence-corrected chi connectivity index (χ1v) is 7.13. The summed E-state index contributed by atoms with van der Waals surface area (Å²) in [4.78, 5) is 4.88. The van der Waals surface area contributed by atoms with E-state index in [1.54, 1.807) is 0 Å². The minimum Gasteiger partial charge on any atom is -0.392 e. The molecule has 0 radical (unpaired) electrons. The van der Waals surface area contributed by atoms with Crippen LogP contribution in [0, 0.1) is 5.92 Å². The highest BCUT2D eigenvalue weighted by Crippen LogP contribution is 2.21. The summed E-state index contributed by atoms with van der Waals surface area (Å²) in [6.45, 7) is 10.9. The minimum atomic E-state index is -0.118. The molecule has 4 nitrogen and oxygen atoms in total. The lowest BCUT2D eigenvalue weighted by Crippen LogP contribution is -2.48. The maximum absolute atomic E-state index is 10.3. The minimum absolute atomic E-state index is 0.118. The Morgan fingerprint density at radius 1 is 1.12 bits per heavy atom. The molecule has 0 aromatic heterocycles. The van der Waals surface area contributed by atoms with Crippen LogP contribution in [0.1, 0.15) is 19.8 Å². The SMILES string of the molecule is CCN1CCC(C(O)CN2CCNCC2)CC1. The molecule has 2 rings (SSSR count). The number of aliphatic hydroxyl groups is 1. The Balaban J connectivity index is 1.70. The molecular formula is C13H27N3O. The molecule has 0 aliphatic carbocycles. The molecule has 4 heteroatoms. The van der Waals surface area contributed by atoms with E-state index in [1.807, 2.05) is 0 Å². The zero-order valence-electron chi connectivity index (χ0n) is 11.1. The Morgan fingerprint density at radius 2 is 1.76 bits per heavy atom. The van der Waals surface area contributed by atoms with E-state index in [0.29, 0.717) is 5.92 Å². The summed E-state index contributed by atoms with van der Waals surface area (Å²) in [5.74, 6) is 0.521. The van der Waals surface area contributed by atoms with E-state index in [4.69, 9.17) is 0 Å². The third-order valence-electron chi connectivity index (χ3n) is 4.28. The van der Waals surface area contributed by atoms with Crippen LogP contribution in [0.4, 0.5) is 0 Å². The van der Waals surface area contributed by atoms with Crippen molar-refractivity contribution < 1.29 is 5.11 Å². The Kier molecular flexibility index (Phi) is 5.22. The van der Waals surface area contributed by atoms with Crippen molar-refractivity contribution in [3.05, 3.63) is 0 Å². The van der Waals surface area contributed by atoms with Crippen LogP contribution in [0.2, 0.25) is 0 Å². The lowest BCUT2D eigenvalue weighted by atomic mass is 9.91. The van der Waals surface area contributed by atoms with Crippen LogP contribution < -0.4 is 5.32 Å². The summed E-state index contributed by atoms with van der Waals surface area (Å²) >= 11 is 0. The molecule has 2 N–H and O–H groups in total. The summed E-state index contributed by atoms with van der Waals surface area (Å²) in [6, 6.07) is 0. The van der Waals surface area contributed by atoms with Gasteiger partial charge in [-0.2, -0.15) is 0 Å². The molecule has 2 saturated heterocycles. The maximum Gasteiger partial charge on any atom is 0.0696 e. The molecule has 0 spiro atoms. The van der Waals surface area contributed by atoms with Crippen LogP contribution in [-0.4, -0.2) is 73.4 Å². The second-order valence-electron chi connectivity index (χ2n) is 5.39. The number of β-amino-alcohol motifs (C(OH)–C–C–N with tert-alkyl or cyclic N) is 1. The molecule has 2 aliphatic rings. The number of nitrogens with one attached hydrogen (secondary N) is 1. The van der Waals surface area contributed by atoms with Crippen molar-refractivity contribution in [1.29, 1.82) is 0 Å². The maximum atomic E-state index is 10.3. The van der Waals surface area contributed by atoms with Gasteiger partial charge >= 0.3 is 0 Å². The summed E-state index contributed by atoms with van der Waals surface area (Å²) < 4.78 is 0. The van der Waals surface area contributed by atoms with Crippen LogP contribution in [-0.2, 0) is 0 Å². The number of hydrogen-bond acceptors (Lipinski definition) is 4. The lowest BCUT2D eigenvalue weighted by Gasteiger charge is -2.36. The van der Waals surface area contributed by atoms with Gasteiger partial charge < -0.3 is 15.3 Å². The third-order valence-corrected chi connectivity index (χ3v) is 4.28. The van der Waals surface area contributed by atoms with Gasteiger partial charge in [0.15, 0.2) is 0 Å². The second-order valence-corrected chi connectivity index (χ2v) is 5.39. The predicted octanol–water partition coefficient (Wildman–Crippen LogP) is -0.0156. The van der Waals surface area contributed by atoms with E-state index in [1.165, 1.54) is 25.9 Å². The van der Waals surface area contributed by atoms with Gasteiger partial charge in [-0.25, -0.2) is 0 Å². The van der Waals surface area contributed by atoms with E-state index in [0.717, 1.165) is 39.3 Å². The number of nitrogens with zero attached hydrogens (tertiary/aromatic N) is 2. The smallest absolute Gasteiger partial charge is 0.0696 e. The average molecular weight is 241 g/mol. The Labute approximate surface area is 105 Å². The molecule has 17 heavy (non-hydrogen) atoms. The molecule has 100 valence electrons. The number of piperazine rings is 1. The molecule has 0 bridgehead atoms. The van der Waals surface area contributed by atoms with Crippen LogP contribution in [0.25, 0.3) is 0 Å². The first kappa shape index (κ1) is 13.3. The molecule has 2 heterocycles. The van der Waals surface area contributed by atoms with E-state index in [2.05, 4.69) is 22.0 Å². The number of piperidine rings is 1. The number of hydrogen-bond donors (Lipinski definition) is 2. The number of rotatable bonds is 4. The lowest BCUT2D eigenvalue weighted by molar-refractivity contribution is 0.0296. The van der Waals surface area contributed by atoms with Gasteiger partial charge in [-0.1, -0.05) is 6.92 Å².